The third-order valence-corrected chi connectivity index (χ3v) is 5.38. The van der Waals surface area contributed by atoms with Gasteiger partial charge in [0.1, 0.15) is 0 Å². The number of carbonyl (C=O) groups excluding carboxylic acids is 1. The van der Waals surface area contributed by atoms with Crippen molar-refractivity contribution in [2.75, 3.05) is 47.5 Å². The van der Waals surface area contributed by atoms with E-state index in [0.29, 0.717) is 30.3 Å². The lowest BCUT2D eigenvalue weighted by molar-refractivity contribution is -0.132. The Balaban J connectivity index is 1.60. The highest BCUT2D eigenvalue weighted by atomic mass is 35.5. The van der Waals surface area contributed by atoms with Gasteiger partial charge in [-0.15, -0.1) is 0 Å². The largest absolute Gasteiger partial charge is 0.493 e. The second kappa shape index (κ2) is 9.85. The van der Waals surface area contributed by atoms with Crippen LogP contribution in [0.4, 0.5) is 0 Å². The molecule has 156 valence electrons. The van der Waals surface area contributed by atoms with E-state index in [1.54, 1.807) is 27.4 Å². The van der Waals surface area contributed by atoms with Crippen molar-refractivity contribution in [2.45, 2.75) is 13.0 Å². The third-order valence-electron chi connectivity index (χ3n) is 5.15. The molecule has 0 radical (unpaired) electrons. The van der Waals surface area contributed by atoms with Gasteiger partial charge >= 0.3 is 0 Å². The van der Waals surface area contributed by atoms with Crippen LogP contribution in [0.15, 0.2) is 36.4 Å². The molecule has 1 saturated heterocycles. The molecule has 1 aliphatic heterocycles. The van der Waals surface area contributed by atoms with Crippen molar-refractivity contribution in [1.82, 2.24) is 9.80 Å². The smallest absolute Gasteiger partial charge is 0.227 e. The molecule has 0 aliphatic carbocycles. The van der Waals surface area contributed by atoms with Crippen LogP contribution in [-0.2, 0) is 17.8 Å². The van der Waals surface area contributed by atoms with Gasteiger partial charge in [0, 0.05) is 43.3 Å². The summed E-state index contributed by atoms with van der Waals surface area (Å²) in [7, 11) is 4.70. The van der Waals surface area contributed by atoms with E-state index in [1.165, 1.54) is 5.56 Å². The SMILES string of the molecule is COc1ccc(CC(=O)N2CCN(Cc3cccc(Cl)c3)CC2)c(OC)c1OC. The number of hydrogen-bond acceptors (Lipinski definition) is 5. The van der Waals surface area contributed by atoms with Crippen LogP contribution < -0.4 is 14.2 Å². The maximum Gasteiger partial charge on any atom is 0.227 e. The summed E-state index contributed by atoms with van der Waals surface area (Å²) in [6, 6.07) is 11.6. The van der Waals surface area contributed by atoms with Crippen LogP contribution in [0.5, 0.6) is 17.2 Å². The summed E-state index contributed by atoms with van der Waals surface area (Å²) in [5.41, 5.74) is 1.98. The van der Waals surface area contributed by atoms with Gasteiger partial charge in [-0.05, 0) is 23.8 Å². The molecule has 0 aromatic heterocycles. The molecule has 3 rings (SSSR count). The van der Waals surface area contributed by atoms with Crippen LogP contribution in [0.1, 0.15) is 11.1 Å². The molecule has 0 bridgehead atoms. The van der Waals surface area contributed by atoms with E-state index < -0.39 is 0 Å². The minimum absolute atomic E-state index is 0.0814. The lowest BCUT2D eigenvalue weighted by atomic mass is 10.1. The van der Waals surface area contributed by atoms with Crippen molar-refractivity contribution < 1.29 is 19.0 Å². The number of piperazine rings is 1. The molecule has 1 fully saturated rings. The van der Waals surface area contributed by atoms with Crippen molar-refractivity contribution in [1.29, 1.82) is 0 Å². The molecule has 6 nitrogen and oxygen atoms in total. The van der Waals surface area contributed by atoms with E-state index in [0.717, 1.165) is 30.2 Å². The van der Waals surface area contributed by atoms with E-state index in [-0.39, 0.29) is 12.3 Å². The van der Waals surface area contributed by atoms with Gasteiger partial charge in [-0.2, -0.15) is 0 Å². The van der Waals surface area contributed by atoms with Crippen molar-refractivity contribution >= 4 is 17.5 Å². The Hall–Kier alpha value is -2.44. The number of rotatable bonds is 7. The van der Waals surface area contributed by atoms with Crippen molar-refractivity contribution in [3.05, 3.63) is 52.5 Å². The van der Waals surface area contributed by atoms with Crippen LogP contribution in [0, 0.1) is 0 Å². The number of benzene rings is 2. The fraction of sp³-hybridized carbons (Fsp3) is 0.409. The molecular formula is C22H27ClN2O4. The number of amides is 1. The second-order valence-corrected chi connectivity index (χ2v) is 7.39. The Morgan fingerprint density at radius 1 is 0.966 bits per heavy atom. The zero-order valence-corrected chi connectivity index (χ0v) is 17.9. The first-order chi connectivity index (χ1) is 14.0. The fourth-order valence-corrected chi connectivity index (χ4v) is 3.84. The molecule has 1 heterocycles. The second-order valence-electron chi connectivity index (χ2n) is 6.96. The van der Waals surface area contributed by atoms with Crippen molar-refractivity contribution in [2.24, 2.45) is 0 Å². The molecule has 29 heavy (non-hydrogen) atoms. The van der Waals surface area contributed by atoms with Crippen LogP contribution in [0.3, 0.4) is 0 Å². The highest BCUT2D eigenvalue weighted by Crippen LogP contribution is 2.40. The first kappa shape index (κ1) is 21.3. The minimum Gasteiger partial charge on any atom is -0.493 e. The van der Waals surface area contributed by atoms with Gasteiger partial charge < -0.3 is 19.1 Å². The molecule has 0 spiro atoms. The molecule has 2 aromatic rings. The third kappa shape index (κ3) is 5.14. The van der Waals surface area contributed by atoms with Gasteiger partial charge in [-0.25, -0.2) is 0 Å². The average molecular weight is 419 g/mol. The Labute approximate surface area is 176 Å². The van der Waals surface area contributed by atoms with Crippen LogP contribution in [-0.4, -0.2) is 63.2 Å². The molecule has 0 atom stereocenters. The van der Waals surface area contributed by atoms with Crippen LogP contribution >= 0.6 is 11.6 Å². The number of carbonyl (C=O) groups is 1. The topological polar surface area (TPSA) is 51.2 Å². The molecule has 7 heteroatoms. The Morgan fingerprint density at radius 2 is 1.69 bits per heavy atom. The normalized spacial score (nSPS) is 14.6. The maximum atomic E-state index is 12.9. The molecular weight excluding hydrogens is 392 g/mol. The molecule has 2 aromatic carbocycles. The predicted octanol–water partition coefficient (Wildman–Crippen LogP) is 3.25. The number of nitrogens with zero attached hydrogens (tertiary/aromatic N) is 2. The number of halogens is 1. The van der Waals surface area contributed by atoms with Gasteiger partial charge in [-0.3, -0.25) is 9.69 Å². The van der Waals surface area contributed by atoms with Gasteiger partial charge in [0.25, 0.3) is 0 Å². The lowest BCUT2D eigenvalue weighted by Gasteiger charge is -2.35. The molecule has 0 saturated carbocycles. The van der Waals surface area contributed by atoms with Gasteiger partial charge in [-0.1, -0.05) is 29.8 Å². The monoisotopic (exact) mass is 418 g/mol. The number of hydrogen-bond donors (Lipinski definition) is 0. The zero-order chi connectivity index (χ0) is 20.8. The average Bonchev–Trinajstić information content (AvgIpc) is 2.73. The Bertz CT molecular complexity index is 851. The van der Waals surface area contributed by atoms with Crippen LogP contribution in [0.25, 0.3) is 0 Å². The summed E-state index contributed by atoms with van der Waals surface area (Å²) < 4.78 is 16.2. The molecule has 0 N–H and O–H groups in total. The van der Waals surface area contributed by atoms with Crippen molar-refractivity contribution in [3.8, 4) is 17.2 Å². The van der Waals surface area contributed by atoms with Gasteiger partial charge in [0.15, 0.2) is 11.5 Å². The number of methoxy groups -OCH3 is 3. The first-order valence-corrected chi connectivity index (χ1v) is 9.96. The van der Waals surface area contributed by atoms with E-state index in [9.17, 15) is 4.79 Å². The lowest BCUT2D eigenvalue weighted by Crippen LogP contribution is -2.48. The molecule has 1 amide bonds. The zero-order valence-electron chi connectivity index (χ0n) is 17.1. The maximum absolute atomic E-state index is 12.9. The summed E-state index contributed by atoms with van der Waals surface area (Å²) in [5, 5.41) is 0.750. The Morgan fingerprint density at radius 3 is 2.31 bits per heavy atom. The molecule has 0 unspecified atom stereocenters. The Kier molecular flexibility index (Phi) is 7.23. The van der Waals surface area contributed by atoms with Gasteiger partial charge in [0.2, 0.25) is 11.7 Å². The number of ether oxygens (including phenoxy) is 3. The first-order valence-electron chi connectivity index (χ1n) is 9.58. The quantitative estimate of drug-likeness (QED) is 0.690. The van der Waals surface area contributed by atoms with E-state index in [1.807, 2.05) is 29.2 Å². The molecule has 1 aliphatic rings. The van der Waals surface area contributed by atoms with E-state index in [2.05, 4.69) is 11.0 Å². The van der Waals surface area contributed by atoms with Gasteiger partial charge in [0.05, 0.1) is 27.8 Å². The summed E-state index contributed by atoms with van der Waals surface area (Å²) in [5.74, 6) is 1.71. The minimum atomic E-state index is 0.0814. The van der Waals surface area contributed by atoms with E-state index in [4.69, 9.17) is 25.8 Å². The summed E-state index contributed by atoms with van der Waals surface area (Å²) in [4.78, 5) is 17.1. The highest BCUT2D eigenvalue weighted by Gasteiger charge is 2.24. The van der Waals surface area contributed by atoms with Crippen LogP contribution in [0.2, 0.25) is 5.02 Å². The standard InChI is InChI=1S/C22H27ClN2O4/c1-27-19-8-7-17(21(28-2)22(19)29-3)14-20(26)25-11-9-24(10-12-25)15-16-5-4-6-18(23)13-16/h4-8,13H,9-12,14-15H2,1-3H3. The van der Waals surface area contributed by atoms with Crippen molar-refractivity contribution in [3.63, 3.8) is 0 Å². The summed E-state index contributed by atoms with van der Waals surface area (Å²) in [6.07, 6.45) is 0.262. The highest BCUT2D eigenvalue weighted by molar-refractivity contribution is 6.30. The summed E-state index contributed by atoms with van der Waals surface area (Å²) in [6.45, 7) is 3.92. The van der Waals surface area contributed by atoms with E-state index >= 15 is 0 Å². The summed E-state index contributed by atoms with van der Waals surface area (Å²) >= 11 is 6.07. The predicted molar refractivity (Wildman–Crippen MR) is 113 cm³/mol. The fourth-order valence-electron chi connectivity index (χ4n) is 3.63.